The highest BCUT2D eigenvalue weighted by Gasteiger charge is 2.28. The number of fused-ring (bicyclic) bond motifs is 1. The maximum Gasteiger partial charge on any atom is 0.268 e. The number of halogens is 1. The van der Waals surface area contributed by atoms with Crippen LogP contribution in [0.3, 0.4) is 0 Å². The fraction of sp³-hybridized carbons (Fsp3) is 0.435. The standard InChI is InChI=1S/C21H23BFN7.C2H6/c1-14-10-20(27-29-12-15(2)26-21(14)29)16-4-5-19(18(23)11-16)28-30(25-3)17-6-8-22(13-24)9-7-17;1-2/h4,10-12,17H,3,5-9H2,1-2H3;1-2H3/b28-19+;. The van der Waals surface area contributed by atoms with E-state index in [1.165, 1.54) is 11.2 Å². The largest absolute Gasteiger partial charge is 0.268 e. The molecule has 0 atom stereocenters. The molecule has 0 bridgehead atoms. The molecule has 0 N–H and O–H groups in total. The minimum absolute atomic E-state index is 0.0500. The number of rotatable bonds is 4. The number of aryl methyl sites for hydroxylation is 2. The second-order valence-electron chi connectivity index (χ2n) is 7.86. The Morgan fingerprint density at radius 2 is 2.03 bits per heavy atom. The van der Waals surface area contributed by atoms with E-state index in [1.54, 1.807) is 4.52 Å². The molecule has 2 aliphatic rings. The fourth-order valence-corrected chi connectivity index (χ4v) is 4.02. The molecule has 166 valence electrons. The maximum atomic E-state index is 14.9. The van der Waals surface area contributed by atoms with Gasteiger partial charge >= 0.3 is 0 Å². The lowest BCUT2D eigenvalue weighted by Gasteiger charge is -2.29. The summed E-state index contributed by atoms with van der Waals surface area (Å²) in [4.78, 5) is 4.46. The second kappa shape index (κ2) is 10.4. The Balaban J connectivity index is 0.00000141. The molecule has 0 amide bonds. The first-order valence-electron chi connectivity index (χ1n) is 11.1. The highest BCUT2D eigenvalue weighted by atomic mass is 19.1. The molecule has 1 saturated heterocycles. The zero-order valence-corrected chi connectivity index (χ0v) is 19.2. The lowest BCUT2D eigenvalue weighted by Crippen LogP contribution is -2.33. The van der Waals surface area contributed by atoms with E-state index in [0.717, 1.165) is 48.0 Å². The third-order valence-electron chi connectivity index (χ3n) is 5.67. The Labute approximate surface area is 189 Å². The van der Waals surface area contributed by atoms with Gasteiger partial charge in [-0.15, -0.1) is 0 Å². The van der Waals surface area contributed by atoms with Crippen molar-refractivity contribution in [2.45, 2.75) is 65.6 Å². The quantitative estimate of drug-likeness (QED) is 0.386. The van der Waals surface area contributed by atoms with Crippen molar-refractivity contribution in [1.82, 2.24) is 19.7 Å². The highest BCUT2D eigenvalue weighted by Crippen LogP contribution is 2.28. The molecule has 1 aliphatic heterocycles. The Bertz CT molecular complexity index is 1120. The smallest absolute Gasteiger partial charge is 0.232 e. The molecule has 32 heavy (non-hydrogen) atoms. The van der Waals surface area contributed by atoms with Crippen LogP contribution in [0.15, 0.2) is 40.4 Å². The first kappa shape index (κ1) is 23.4. The van der Waals surface area contributed by atoms with E-state index in [2.05, 4.69) is 33.0 Å². The molecule has 0 unspecified atom stereocenters. The number of hydrazone groups is 2. The Morgan fingerprint density at radius 1 is 1.31 bits per heavy atom. The lowest BCUT2D eigenvalue weighted by atomic mass is 9.42. The van der Waals surface area contributed by atoms with Crippen molar-refractivity contribution in [2.24, 2.45) is 10.2 Å². The SMILES string of the molecule is C=NN(/N=C1\CC=C(c2cc(C)c3nc(C)cn3n2)C=C1F)C1CCB(C#N)CC1.CC. The van der Waals surface area contributed by atoms with E-state index in [-0.39, 0.29) is 12.8 Å². The molecule has 0 radical (unpaired) electrons. The van der Waals surface area contributed by atoms with E-state index in [4.69, 9.17) is 5.26 Å². The summed E-state index contributed by atoms with van der Waals surface area (Å²) in [6, 6.07) is 1.97. The fourth-order valence-electron chi connectivity index (χ4n) is 4.02. The van der Waals surface area contributed by atoms with Gasteiger partial charge in [0.05, 0.1) is 23.6 Å². The van der Waals surface area contributed by atoms with Crippen LogP contribution in [0.1, 0.15) is 50.1 Å². The van der Waals surface area contributed by atoms with Crippen molar-refractivity contribution < 1.29 is 4.39 Å². The van der Waals surface area contributed by atoms with Crippen LogP contribution in [0.25, 0.3) is 11.2 Å². The van der Waals surface area contributed by atoms with Gasteiger partial charge in [-0.2, -0.15) is 20.4 Å². The van der Waals surface area contributed by atoms with Crippen LogP contribution >= 0.6 is 0 Å². The number of imidazole rings is 1. The highest BCUT2D eigenvalue weighted by molar-refractivity contribution is 6.67. The minimum Gasteiger partial charge on any atom is -0.232 e. The van der Waals surface area contributed by atoms with Crippen LogP contribution in [0.4, 0.5) is 4.39 Å². The Hall–Kier alpha value is -3.28. The van der Waals surface area contributed by atoms with Gasteiger partial charge in [-0.05, 0) is 44.4 Å². The van der Waals surface area contributed by atoms with Crippen LogP contribution in [-0.2, 0) is 0 Å². The van der Waals surface area contributed by atoms with Crippen molar-refractivity contribution in [3.05, 3.63) is 47.2 Å². The van der Waals surface area contributed by atoms with Gasteiger partial charge < -0.3 is 0 Å². The number of hydrogen-bond donors (Lipinski definition) is 0. The van der Waals surface area contributed by atoms with Crippen molar-refractivity contribution in [2.75, 3.05) is 0 Å². The third kappa shape index (κ3) is 4.96. The molecule has 0 aromatic carbocycles. The monoisotopic (exact) mass is 433 g/mol. The molecular formula is C23H29BFN7. The summed E-state index contributed by atoms with van der Waals surface area (Å²) in [5, 5.41) is 23.6. The van der Waals surface area contributed by atoms with Crippen molar-refractivity contribution in [3.63, 3.8) is 0 Å². The van der Waals surface area contributed by atoms with Gasteiger partial charge in [0.1, 0.15) is 11.5 Å². The van der Waals surface area contributed by atoms with Gasteiger partial charge in [-0.25, -0.2) is 19.2 Å². The number of hydrogen-bond acceptors (Lipinski definition) is 6. The first-order chi connectivity index (χ1) is 15.5. The first-order valence-corrected chi connectivity index (χ1v) is 11.1. The van der Waals surface area contributed by atoms with Crippen LogP contribution in [-0.4, -0.2) is 44.9 Å². The average Bonchev–Trinajstić information content (AvgIpc) is 3.20. The molecule has 9 heteroatoms. The van der Waals surface area contributed by atoms with E-state index < -0.39 is 5.83 Å². The second-order valence-corrected chi connectivity index (χ2v) is 7.86. The molecule has 3 heterocycles. The predicted molar refractivity (Wildman–Crippen MR) is 128 cm³/mol. The van der Waals surface area contributed by atoms with Gasteiger partial charge in [0, 0.05) is 24.7 Å². The summed E-state index contributed by atoms with van der Waals surface area (Å²) in [6.07, 6.45) is 8.81. The summed E-state index contributed by atoms with van der Waals surface area (Å²) in [5.74, 6) is 1.92. The average molecular weight is 433 g/mol. The number of aromatic nitrogens is 3. The van der Waals surface area contributed by atoms with Crippen LogP contribution in [0.2, 0.25) is 12.6 Å². The zero-order chi connectivity index (χ0) is 23.3. The summed E-state index contributed by atoms with van der Waals surface area (Å²) >= 11 is 0. The normalized spacial score (nSPS) is 17.9. The molecule has 2 aromatic rings. The van der Waals surface area contributed by atoms with Crippen molar-refractivity contribution in [1.29, 1.82) is 5.26 Å². The molecular weight excluding hydrogens is 404 g/mol. The van der Waals surface area contributed by atoms with Crippen LogP contribution in [0.5, 0.6) is 0 Å². The molecule has 1 fully saturated rings. The van der Waals surface area contributed by atoms with E-state index >= 15 is 0 Å². The molecule has 2 aromatic heterocycles. The predicted octanol–water partition coefficient (Wildman–Crippen LogP) is 5.01. The molecule has 1 aliphatic carbocycles. The lowest BCUT2D eigenvalue weighted by molar-refractivity contribution is 0.199. The zero-order valence-electron chi connectivity index (χ0n) is 19.2. The summed E-state index contributed by atoms with van der Waals surface area (Å²) in [5.41, 5.74) is 4.41. The van der Waals surface area contributed by atoms with E-state index in [0.29, 0.717) is 17.8 Å². The minimum atomic E-state index is -0.395. The number of nitriles is 1. The Morgan fingerprint density at radius 3 is 2.66 bits per heavy atom. The summed E-state index contributed by atoms with van der Waals surface area (Å²) in [7, 11) is 0. The van der Waals surface area contributed by atoms with Gasteiger partial charge in [0.2, 0.25) is 0 Å². The van der Waals surface area contributed by atoms with Crippen LogP contribution < -0.4 is 0 Å². The topological polar surface area (TPSA) is 81.9 Å². The van der Waals surface area contributed by atoms with Crippen molar-refractivity contribution in [3.8, 4) is 5.97 Å². The van der Waals surface area contributed by atoms with Crippen LogP contribution in [0, 0.1) is 25.1 Å². The van der Waals surface area contributed by atoms with E-state index in [9.17, 15) is 4.39 Å². The van der Waals surface area contributed by atoms with Gasteiger partial charge in [-0.1, -0.05) is 32.6 Å². The number of allylic oxidation sites excluding steroid dienone is 4. The summed E-state index contributed by atoms with van der Waals surface area (Å²) in [6.45, 7) is 11.6. The van der Waals surface area contributed by atoms with E-state index in [1.807, 2.05) is 46.0 Å². The third-order valence-corrected chi connectivity index (χ3v) is 5.67. The molecule has 0 saturated carbocycles. The molecule has 0 spiro atoms. The van der Waals surface area contributed by atoms with Gasteiger partial charge in [-0.3, -0.25) is 0 Å². The maximum absolute atomic E-state index is 14.9. The molecule has 7 nitrogen and oxygen atoms in total. The number of nitrogens with zero attached hydrogens (tertiary/aromatic N) is 7. The van der Waals surface area contributed by atoms with Crippen molar-refractivity contribution >= 4 is 30.4 Å². The summed E-state index contributed by atoms with van der Waals surface area (Å²) < 4.78 is 16.6. The van der Waals surface area contributed by atoms with Gasteiger partial charge in [0.25, 0.3) is 6.71 Å². The van der Waals surface area contributed by atoms with Gasteiger partial charge in [0.15, 0.2) is 5.65 Å². The molecule has 4 rings (SSSR count). The Kier molecular flexibility index (Phi) is 7.57.